The summed E-state index contributed by atoms with van der Waals surface area (Å²) in [5.41, 5.74) is 2.75. The lowest BCUT2D eigenvalue weighted by Gasteiger charge is -2.42. The summed E-state index contributed by atoms with van der Waals surface area (Å²) in [5.74, 6) is 0. The second-order valence-electron chi connectivity index (χ2n) is 6.88. The van der Waals surface area contributed by atoms with Gasteiger partial charge in [0.1, 0.15) is 0 Å². The summed E-state index contributed by atoms with van der Waals surface area (Å²) in [7, 11) is -1.81. The third-order valence-corrected chi connectivity index (χ3v) is 10.8. The molecule has 1 atom stereocenters. The van der Waals surface area contributed by atoms with Crippen LogP contribution in [0.5, 0.6) is 0 Å². The first kappa shape index (κ1) is 18.4. The van der Waals surface area contributed by atoms with Gasteiger partial charge in [-0.05, 0) is 28.6 Å². The topological polar surface area (TPSA) is 29.5 Å². The standard InChI is InChI=1S/C18H32O2Si/c1-14(2)21(15(3)4,16(5)6)20-13-12-18(19)17-10-8-7-9-11-17/h7-11,14-16,18-19H,12-13H2,1-6H3. The minimum atomic E-state index is -1.81. The van der Waals surface area contributed by atoms with Crippen LogP contribution >= 0.6 is 0 Å². The van der Waals surface area contributed by atoms with E-state index in [0.29, 0.717) is 29.7 Å². The maximum absolute atomic E-state index is 10.3. The van der Waals surface area contributed by atoms with Gasteiger partial charge in [0.15, 0.2) is 8.32 Å². The first-order valence-electron chi connectivity index (χ1n) is 8.19. The molecule has 0 aliphatic rings. The third kappa shape index (κ3) is 4.41. The molecule has 0 heterocycles. The zero-order valence-corrected chi connectivity index (χ0v) is 15.5. The van der Waals surface area contributed by atoms with Crippen molar-refractivity contribution in [2.45, 2.75) is 70.7 Å². The van der Waals surface area contributed by atoms with Gasteiger partial charge in [-0.2, -0.15) is 0 Å². The van der Waals surface area contributed by atoms with Gasteiger partial charge in [-0.3, -0.25) is 0 Å². The van der Waals surface area contributed by atoms with Gasteiger partial charge < -0.3 is 9.53 Å². The number of aliphatic hydroxyl groups excluding tert-OH is 1. The fourth-order valence-electron chi connectivity index (χ4n) is 3.69. The van der Waals surface area contributed by atoms with Crippen LogP contribution in [-0.4, -0.2) is 20.0 Å². The molecule has 1 aromatic rings. The molecule has 0 fully saturated rings. The van der Waals surface area contributed by atoms with Crippen molar-refractivity contribution < 1.29 is 9.53 Å². The van der Waals surface area contributed by atoms with E-state index in [9.17, 15) is 5.11 Å². The highest BCUT2D eigenvalue weighted by molar-refractivity contribution is 6.77. The molecule has 1 aromatic carbocycles. The van der Waals surface area contributed by atoms with Gasteiger partial charge in [0.25, 0.3) is 0 Å². The highest BCUT2D eigenvalue weighted by Gasteiger charge is 2.44. The molecule has 1 rings (SSSR count). The van der Waals surface area contributed by atoms with Crippen molar-refractivity contribution >= 4 is 8.32 Å². The molecule has 0 aliphatic carbocycles. The number of hydrogen-bond donors (Lipinski definition) is 1. The second kappa shape index (κ2) is 8.11. The quantitative estimate of drug-likeness (QED) is 0.660. The Morgan fingerprint density at radius 1 is 0.905 bits per heavy atom. The monoisotopic (exact) mass is 308 g/mol. The summed E-state index contributed by atoms with van der Waals surface area (Å²) in [5, 5.41) is 10.3. The molecule has 3 heteroatoms. The molecule has 0 bridgehead atoms. The van der Waals surface area contributed by atoms with Gasteiger partial charge in [-0.1, -0.05) is 71.9 Å². The van der Waals surface area contributed by atoms with Crippen LogP contribution in [0.25, 0.3) is 0 Å². The van der Waals surface area contributed by atoms with Crippen molar-refractivity contribution in [3.05, 3.63) is 35.9 Å². The molecule has 0 amide bonds. The maximum atomic E-state index is 10.3. The number of aliphatic hydroxyl groups is 1. The van der Waals surface area contributed by atoms with Crippen LogP contribution in [0.3, 0.4) is 0 Å². The molecule has 0 spiro atoms. The van der Waals surface area contributed by atoms with E-state index in [4.69, 9.17) is 4.43 Å². The van der Waals surface area contributed by atoms with E-state index >= 15 is 0 Å². The first-order valence-corrected chi connectivity index (χ1v) is 10.3. The predicted molar refractivity (Wildman–Crippen MR) is 93.0 cm³/mol. The molecule has 1 unspecified atom stereocenters. The Morgan fingerprint density at radius 2 is 1.38 bits per heavy atom. The lowest BCUT2D eigenvalue weighted by Crippen LogP contribution is -2.48. The van der Waals surface area contributed by atoms with Crippen LogP contribution in [0, 0.1) is 0 Å². The molecule has 0 aliphatic heterocycles. The van der Waals surface area contributed by atoms with Gasteiger partial charge in [-0.15, -0.1) is 0 Å². The van der Waals surface area contributed by atoms with Crippen LogP contribution in [-0.2, 0) is 4.43 Å². The summed E-state index contributed by atoms with van der Waals surface area (Å²) in [6, 6.07) is 9.86. The Kier molecular flexibility index (Phi) is 7.11. The van der Waals surface area contributed by atoms with E-state index < -0.39 is 14.4 Å². The summed E-state index contributed by atoms with van der Waals surface area (Å²) in [6.07, 6.45) is 0.245. The van der Waals surface area contributed by atoms with Gasteiger partial charge in [0.05, 0.1) is 6.10 Å². The molecule has 0 saturated carbocycles. The Morgan fingerprint density at radius 3 is 1.81 bits per heavy atom. The van der Waals surface area contributed by atoms with E-state index in [1.54, 1.807) is 0 Å². The van der Waals surface area contributed by atoms with Gasteiger partial charge in [-0.25, -0.2) is 0 Å². The first-order chi connectivity index (χ1) is 9.82. The minimum Gasteiger partial charge on any atom is -0.416 e. The van der Waals surface area contributed by atoms with E-state index in [1.807, 2.05) is 30.3 Å². The average molecular weight is 309 g/mol. The van der Waals surface area contributed by atoms with Crippen molar-refractivity contribution in [3.63, 3.8) is 0 Å². The van der Waals surface area contributed by atoms with Crippen molar-refractivity contribution in [1.29, 1.82) is 0 Å². The highest BCUT2D eigenvalue weighted by Crippen LogP contribution is 2.42. The van der Waals surface area contributed by atoms with Crippen LogP contribution in [0.1, 0.15) is 59.6 Å². The SMILES string of the molecule is CC(C)[Si](OCCC(O)c1ccccc1)(C(C)C)C(C)C. The largest absolute Gasteiger partial charge is 0.416 e. The lowest BCUT2D eigenvalue weighted by molar-refractivity contribution is 0.135. The lowest BCUT2D eigenvalue weighted by atomic mass is 10.1. The van der Waals surface area contributed by atoms with Crippen molar-refractivity contribution in [1.82, 2.24) is 0 Å². The normalized spacial score (nSPS) is 14.2. The van der Waals surface area contributed by atoms with Gasteiger partial charge in [0.2, 0.25) is 0 Å². The van der Waals surface area contributed by atoms with Crippen LogP contribution in [0.15, 0.2) is 30.3 Å². The number of rotatable bonds is 8. The smallest absolute Gasteiger partial charge is 0.200 e. The number of benzene rings is 1. The van der Waals surface area contributed by atoms with Gasteiger partial charge in [0, 0.05) is 6.61 Å². The van der Waals surface area contributed by atoms with Crippen LogP contribution < -0.4 is 0 Å². The maximum Gasteiger partial charge on any atom is 0.200 e. The number of hydrogen-bond acceptors (Lipinski definition) is 2. The Balaban J connectivity index is 2.66. The van der Waals surface area contributed by atoms with E-state index in [-0.39, 0.29) is 0 Å². The molecule has 2 nitrogen and oxygen atoms in total. The molecule has 0 saturated heterocycles. The molecule has 1 N–H and O–H groups in total. The molecular weight excluding hydrogens is 276 g/mol. The van der Waals surface area contributed by atoms with Crippen molar-refractivity contribution in [2.24, 2.45) is 0 Å². The summed E-state index contributed by atoms with van der Waals surface area (Å²) < 4.78 is 6.49. The molecule has 0 aromatic heterocycles. The van der Waals surface area contributed by atoms with Crippen LogP contribution in [0.4, 0.5) is 0 Å². The molecule has 120 valence electrons. The Hall–Kier alpha value is -0.643. The zero-order valence-electron chi connectivity index (χ0n) is 14.5. The molecular formula is C18H32O2Si. The predicted octanol–water partition coefficient (Wildman–Crippen LogP) is 5.30. The summed E-state index contributed by atoms with van der Waals surface area (Å²) >= 11 is 0. The van der Waals surface area contributed by atoms with Crippen molar-refractivity contribution in [3.8, 4) is 0 Å². The second-order valence-corrected chi connectivity index (χ2v) is 12.3. The van der Waals surface area contributed by atoms with E-state index in [2.05, 4.69) is 41.5 Å². The van der Waals surface area contributed by atoms with E-state index in [0.717, 1.165) is 5.56 Å². The molecule has 0 radical (unpaired) electrons. The van der Waals surface area contributed by atoms with Crippen LogP contribution in [0.2, 0.25) is 16.6 Å². The van der Waals surface area contributed by atoms with Gasteiger partial charge >= 0.3 is 0 Å². The van der Waals surface area contributed by atoms with E-state index in [1.165, 1.54) is 0 Å². The Bertz CT molecular complexity index is 379. The molecule has 21 heavy (non-hydrogen) atoms. The summed E-state index contributed by atoms with van der Waals surface area (Å²) in [6.45, 7) is 14.4. The Labute approximate surface area is 131 Å². The highest BCUT2D eigenvalue weighted by atomic mass is 28.4. The third-order valence-electron chi connectivity index (χ3n) is 4.63. The zero-order chi connectivity index (χ0) is 16.0. The minimum absolute atomic E-state index is 0.426. The fourth-order valence-corrected chi connectivity index (χ4v) is 9.16. The average Bonchev–Trinajstić information content (AvgIpc) is 2.43. The summed E-state index contributed by atoms with van der Waals surface area (Å²) in [4.78, 5) is 0. The van der Waals surface area contributed by atoms with Crippen molar-refractivity contribution in [2.75, 3.05) is 6.61 Å². The fraction of sp³-hybridized carbons (Fsp3) is 0.667.